The molecule has 0 saturated carbocycles. The standard InChI is InChI=1S/C12H22O12/c13-1-3(15)5(16)9(20)12(23,11(21)22)10-8(19)7(18)6(17)4(2-14)24-10/h3-10,13-20,23H,1-2H2,(H,21,22)/t3-,4-,5-,6-,7+,8-,9+,10?,12-/m1/s1. The van der Waals surface area contributed by atoms with Crippen LogP contribution in [-0.2, 0) is 9.53 Å². The van der Waals surface area contributed by atoms with Crippen molar-refractivity contribution < 1.29 is 60.6 Å². The molecule has 12 nitrogen and oxygen atoms in total. The van der Waals surface area contributed by atoms with E-state index in [1.54, 1.807) is 0 Å². The third-order valence-corrected chi connectivity index (χ3v) is 4.02. The van der Waals surface area contributed by atoms with Crippen LogP contribution in [0.1, 0.15) is 0 Å². The Bertz CT molecular complexity index is 430. The number of carboxylic acids is 1. The summed E-state index contributed by atoms with van der Waals surface area (Å²) in [4.78, 5) is 11.4. The zero-order chi connectivity index (χ0) is 18.8. The predicted molar refractivity (Wildman–Crippen MR) is 71.5 cm³/mol. The number of carbonyl (C=O) groups is 1. The molecule has 1 aliphatic rings. The van der Waals surface area contributed by atoms with E-state index in [0.717, 1.165) is 0 Å². The van der Waals surface area contributed by atoms with Gasteiger partial charge in [0.05, 0.1) is 13.2 Å². The van der Waals surface area contributed by atoms with Gasteiger partial charge in [0.1, 0.15) is 48.8 Å². The van der Waals surface area contributed by atoms with E-state index in [1.807, 2.05) is 0 Å². The van der Waals surface area contributed by atoms with Gasteiger partial charge >= 0.3 is 5.97 Å². The van der Waals surface area contributed by atoms with Crippen molar-refractivity contribution in [2.75, 3.05) is 13.2 Å². The second kappa shape index (κ2) is 7.97. The smallest absolute Gasteiger partial charge is 0.341 e. The molecule has 1 fully saturated rings. The van der Waals surface area contributed by atoms with E-state index in [2.05, 4.69) is 0 Å². The van der Waals surface area contributed by atoms with Gasteiger partial charge in [0.2, 0.25) is 5.60 Å². The summed E-state index contributed by atoms with van der Waals surface area (Å²) >= 11 is 0. The van der Waals surface area contributed by atoms with E-state index in [-0.39, 0.29) is 0 Å². The summed E-state index contributed by atoms with van der Waals surface area (Å²) in [6, 6.07) is 0. The summed E-state index contributed by atoms with van der Waals surface area (Å²) in [5.41, 5.74) is -3.45. The average molecular weight is 358 g/mol. The third kappa shape index (κ3) is 3.52. The fourth-order valence-corrected chi connectivity index (χ4v) is 2.46. The Hall–Kier alpha value is -0.930. The van der Waals surface area contributed by atoms with Crippen LogP contribution in [-0.4, -0.2) is 125 Å². The lowest BCUT2D eigenvalue weighted by molar-refractivity contribution is -0.291. The highest BCUT2D eigenvalue weighted by Crippen LogP contribution is 2.32. The molecule has 0 aromatic rings. The molecule has 0 amide bonds. The van der Waals surface area contributed by atoms with Crippen molar-refractivity contribution in [2.45, 2.75) is 54.4 Å². The molecule has 1 unspecified atom stereocenters. The first-order valence-electron chi connectivity index (χ1n) is 6.95. The molecule has 142 valence electrons. The van der Waals surface area contributed by atoms with E-state index in [1.165, 1.54) is 0 Å². The van der Waals surface area contributed by atoms with Crippen LogP contribution in [0.5, 0.6) is 0 Å². The van der Waals surface area contributed by atoms with E-state index in [9.17, 15) is 45.6 Å². The fraction of sp³-hybridized carbons (Fsp3) is 0.917. The minimum Gasteiger partial charge on any atom is -0.479 e. The Balaban J connectivity index is 3.24. The lowest BCUT2D eigenvalue weighted by Crippen LogP contribution is -2.72. The number of hydrogen-bond donors (Lipinski definition) is 10. The zero-order valence-electron chi connectivity index (χ0n) is 12.3. The lowest BCUT2D eigenvalue weighted by Gasteiger charge is -2.47. The summed E-state index contributed by atoms with van der Waals surface area (Å²) in [6.07, 6.45) is -17.0. The topological polar surface area (TPSA) is 229 Å². The predicted octanol–water partition coefficient (Wildman–Crippen LogP) is -6.28. The van der Waals surface area contributed by atoms with Crippen LogP contribution in [0.4, 0.5) is 0 Å². The number of aliphatic hydroxyl groups excluding tert-OH is 8. The number of aliphatic carboxylic acids is 1. The average Bonchev–Trinajstić information content (AvgIpc) is 2.56. The summed E-state index contributed by atoms with van der Waals surface area (Å²) in [7, 11) is 0. The van der Waals surface area contributed by atoms with Crippen molar-refractivity contribution in [1.82, 2.24) is 0 Å². The largest absolute Gasteiger partial charge is 0.479 e. The second-order valence-corrected chi connectivity index (χ2v) is 5.57. The van der Waals surface area contributed by atoms with Crippen molar-refractivity contribution in [3.63, 3.8) is 0 Å². The molecule has 0 aromatic heterocycles. The number of carboxylic acid groups (broad SMARTS) is 1. The van der Waals surface area contributed by atoms with Gasteiger partial charge in [-0.1, -0.05) is 0 Å². The maximum atomic E-state index is 11.4. The maximum absolute atomic E-state index is 11.4. The molecule has 0 aliphatic carbocycles. The molecule has 12 heteroatoms. The molecule has 1 saturated heterocycles. The number of ether oxygens (including phenoxy) is 1. The summed E-state index contributed by atoms with van der Waals surface area (Å²) in [5.74, 6) is -2.19. The minimum absolute atomic E-state index is 0.922. The molecule has 0 bridgehead atoms. The maximum Gasteiger partial charge on any atom is 0.341 e. The summed E-state index contributed by atoms with van der Waals surface area (Å²) < 4.78 is 4.89. The van der Waals surface area contributed by atoms with Crippen LogP contribution in [0.3, 0.4) is 0 Å². The molecular weight excluding hydrogens is 336 g/mol. The highest BCUT2D eigenvalue weighted by atomic mass is 16.6. The molecule has 9 atom stereocenters. The summed E-state index contributed by atoms with van der Waals surface area (Å²) in [6.45, 7) is -2.00. The van der Waals surface area contributed by atoms with Crippen LogP contribution in [0.15, 0.2) is 0 Å². The van der Waals surface area contributed by atoms with Crippen LogP contribution < -0.4 is 0 Å². The zero-order valence-corrected chi connectivity index (χ0v) is 12.3. The second-order valence-electron chi connectivity index (χ2n) is 5.57. The van der Waals surface area contributed by atoms with Crippen molar-refractivity contribution in [1.29, 1.82) is 0 Å². The molecule has 1 rings (SSSR count). The third-order valence-electron chi connectivity index (χ3n) is 4.02. The van der Waals surface area contributed by atoms with Gasteiger partial charge in [-0.15, -0.1) is 0 Å². The number of aliphatic hydroxyl groups is 9. The molecule has 24 heavy (non-hydrogen) atoms. The first-order chi connectivity index (χ1) is 11.0. The molecule has 1 heterocycles. The van der Waals surface area contributed by atoms with Crippen LogP contribution in [0.25, 0.3) is 0 Å². The highest BCUT2D eigenvalue weighted by Gasteiger charge is 2.61. The molecule has 0 radical (unpaired) electrons. The van der Waals surface area contributed by atoms with Gasteiger partial charge in [-0.3, -0.25) is 0 Å². The Morgan fingerprint density at radius 1 is 1.04 bits per heavy atom. The Morgan fingerprint density at radius 2 is 1.58 bits per heavy atom. The van der Waals surface area contributed by atoms with Gasteiger partial charge in [0, 0.05) is 0 Å². The highest BCUT2D eigenvalue weighted by molar-refractivity contribution is 5.79. The SMILES string of the molecule is O=C(O)[C@](O)(C1O[C@H](CO)[C@@H](O)[C@H](O)[C@H]1O)[C@@H](O)[C@H](O)[C@H](O)CO. The molecule has 0 spiro atoms. The van der Waals surface area contributed by atoms with Crippen LogP contribution in [0.2, 0.25) is 0 Å². The van der Waals surface area contributed by atoms with Gasteiger partial charge in [-0.2, -0.15) is 0 Å². The van der Waals surface area contributed by atoms with Crippen molar-refractivity contribution in [3.05, 3.63) is 0 Å². The van der Waals surface area contributed by atoms with Gasteiger partial charge in [0.15, 0.2) is 0 Å². The molecule has 0 aromatic carbocycles. The van der Waals surface area contributed by atoms with Gasteiger partial charge in [-0.05, 0) is 0 Å². The van der Waals surface area contributed by atoms with Crippen molar-refractivity contribution in [2.24, 2.45) is 0 Å². The molecule has 10 N–H and O–H groups in total. The first-order valence-corrected chi connectivity index (χ1v) is 6.95. The van der Waals surface area contributed by atoms with Crippen LogP contribution in [0, 0.1) is 0 Å². The van der Waals surface area contributed by atoms with Crippen molar-refractivity contribution in [3.8, 4) is 0 Å². The first kappa shape index (κ1) is 21.1. The monoisotopic (exact) mass is 358 g/mol. The number of hydrogen-bond acceptors (Lipinski definition) is 11. The lowest BCUT2D eigenvalue weighted by atomic mass is 9.79. The Kier molecular flexibility index (Phi) is 7.01. The normalized spacial score (nSPS) is 37.3. The van der Waals surface area contributed by atoms with E-state index < -0.39 is 73.6 Å². The van der Waals surface area contributed by atoms with E-state index >= 15 is 0 Å². The Labute approximate surface area is 135 Å². The molecule has 1 aliphatic heterocycles. The fourth-order valence-electron chi connectivity index (χ4n) is 2.46. The number of rotatable bonds is 7. The summed E-state index contributed by atoms with van der Waals surface area (Å²) in [5, 5.41) is 95.4. The van der Waals surface area contributed by atoms with E-state index in [0.29, 0.717) is 0 Å². The minimum atomic E-state index is -3.45. The Morgan fingerprint density at radius 3 is 2.00 bits per heavy atom. The van der Waals surface area contributed by atoms with Crippen LogP contribution >= 0.6 is 0 Å². The van der Waals surface area contributed by atoms with Gasteiger partial charge in [-0.25, -0.2) is 4.79 Å². The van der Waals surface area contributed by atoms with E-state index in [4.69, 9.17) is 14.9 Å². The van der Waals surface area contributed by atoms with Gasteiger partial charge < -0.3 is 55.8 Å². The van der Waals surface area contributed by atoms with Gasteiger partial charge in [0.25, 0.3) is 0 Å². The molecular formula is C12H22O12. The quantitative estimate of drug-likeness (QED) is 0.205. The van der Waals surface area contributed by atoms with Crippen molar-refractivity contribution >= 4 is 5.97 Å².